The maximum absolute atomic E-state index is 12.1. The van der Waals surface area contributed by atoms with Crippen LogP contribution in [0.2, 0.25) is 0 Å². The van der Waals surface area contributed by atoms with E-state index in [1.807, 2.05) is 0 Å². The van der Waals surface area contributed by atoms with Crippen LogP contribution in [0.25, 0.3) is 0 Å². The lowest BCUT2D eigenvalue weighted by atomic mass is 10.4. The number of ether oxygens (including phenoxy) is 2. The van der Waals surface area contributed by atoms with Gasteiger partial charge in [-0.3, -0.25) is 14.5 Å². The number of carbonyl (C=O) groups excluding carboxylic acids is 4. The molecule has 0 N–H and O–H groups in total. The Hall–Kier alpha value is -1.91. The molecule has 10 heteroatoms. The van der Waals surface area contributed by atoms with Gasteiger partial charge in [-0.15, -0.1) is 6.58 Å². The van der Waals surface area contributed by atoms with Crippen molar-refractivity contribution in [3.05, 3.63) is 43.8 Å². The van der Waals surface area contributed by atoms with Gasteiger partial charge in [0.2, 0.25) is 0 Å². The van der Waals surface area contributed by atoms with Crippen LogP contribution in [-0.4, -0.2) is 48.7 Å². The van der Waals surface area contributed by atoms with E-state index in [2.05, 4.69) is 16.1 Å². The molecule has 0 aromatic carbocycles. The zero-order valence-corrected chi connectivity index (χ0v) is 15.7. The molecule has 0 aromatic rings. The van der Waals surface area contributed by atoms with Gasteiger partial charge in [0, 0.05) is 6.54 Å². The number of methoxy groups -OCH3 is 2. The predicted molar refractivity (Wildman–Crippen MR) is 97.3 cm³/mol. The number of imide groups is 1. The number of nitrogens with zero attached hydrogens (tertiary/aromatic N) is 1. The molecule has 0 saturated carbocycles. The number of allylic oxidation sites excluding steroid dienone is 2. The number of esters is 2. The van der Waals surface area contributed by atoms with Gasteiger partial charge in [-0.05, 0) is 23.9 Å². The average Bonchev–Trinajstić information content (AvgIpc) is 3.15. The zero-order valence-electron chi connectivity index (χ0n) is 13.3. The van der Waals surface area contributed by atoms with E-state index in [0.29, 0.717) is 4.24 Å². The second kappa shape index (κ2) is 8.45. The van der Waals surface area contributed by atoms with Crippen LogP contribution in [0.1, 0.15) is 0 Å². The van der Waals surface area contributed by atoms with Gasteiger partial charge in [0.1, 0.15) is 9.81 Å². The number of thioether (sulfide) groups is 3. The molecule has 0 aliphatic carbocycles. The van der Waals surface area contributed by atoms with Crippen LogP contribution in [-0.2, 0) is 23.9 Å². The molecule has 2 aliphatic rings. The summed E-state index contributed by atoms with van der Waals surface area (Å²) < 4.78 is 9.89. The summed E-state index contributed by atoms with van der Waals surface area (Å²) in [6.45, 7) is 3.65. The molecule has 1 saturated heterocycles. The quantitative estimate of drug-likeness (QED) is 0.393. The third kappa shape index (κ3) is 4.20. The van der Waals surface area contributed by atoms with Crippen LogP contribution in [0.3, 0.4) is 0 Å². The molecule has 1 fully saturated rings. The molecule has 0 spiro atoms. The number of hydrogen-bond acceptors (Lipinski definition) is 9. The van der Waals surface area contributed by atoms with Crippen molar-refractivity contribution in [2.75, 3.05) is 20.8 Å². The Balaban J connectivity index is 2.20. The molecule has 25 heavy (non-hydrogen) atoms. The van der Waals surface area contributed by atoms with E-state index in [1.165, 1.54) is 26.4 Å². The lowest BCUT2D eigenvalue weighted by Crippen LogP contribution is -2.27. The van der Waals surface area contributed by atoms with E-state index < -0.39 is 17.8 Å². The van der Waals surface area contributed by atoms with Crippen molar-refractivity contribution < 1.29 is 28.7 Å². The Kier molecular flexibility index (Phi) is 6.57. The first-order valence-corrected chi connectivity index (χ1v) is 9.21. The molecule has 132 valence electrons. The van der Waals surface area contributed by atoms with E-state index in [1.54, 1.807) is 6.08 Å². The van der Waals surface area contributed by atoms with Crippen LogP contribution >= 0.6 is 35.3 Å². The molecule has 0 unspecified atom stereocenters. The van der Waals surface area contributed by atoms with E-state index in [-0.39, 0.29) is 26.5 Å². The highest BCUT2D eigenvalue weighted by atomic mass is 32.2. The highest BCUT2D eigenvalue weighted by molar-refractivity contribution is 8.29. The molecule has 2 aliphatic heterocycles. The predicted octanol–water partition coefficient (Wildman–Crippen LogP) is 2.63. The monoisotopic (exact) mass is 399 g/mol. The van der Waals surface area contributed by atoms with Gasteiger partial charge < -0.3 is 9.47 Å². The van der Waals surface area contributed by atoms with Gasteiger partial charge >= 0.3 is 11.9 Å². The molecule has 2 rings (SSSR count). The topological polar surface area (TPSA) is 90.0 Å². The third-order valence-corrected chi connectivity index (χ3v) is 6.29. The molecule has 7 nitrogen and oxygen atoms in total. The van der Waals surface area contributed by atoms with Crippen LogP contribution in [0.5, 0.6) is 0 Å². The largest absolute Gasteiger partial charge is 0.465 e. The smallest absolute Gasteiger partial charge is 0.346 e. The lowest BCUT2D eigenvalue weighted by molar-refractivity contribution is -0.138. The van der Waals surface area contributed by atoms with Crippen molar-refractivity contribution in [3.8, 4) is 0 Å². The van der Waals surface area contributed by atoms with Gasteiger partial charge in [0.15, 0.2) is 0 Å². The first-order valence-electron chi connectivity index (χ1n) is 6.76. The number of rotatable bonds is 5. The average molecular weight is 399 g/mol. The fraction of sp³-hybridized carbons (Fsp3) is 0.200. The molecule has 2 amide bonds. The summed E-state index contributed by atoms with van der Waals surface area (Å²) in [5.74, 6) is -1.70. The summed E-state index contributed by atoms with van der Waals surface area (Å²) in [5.41, 5.74) is 0. The first kappa shape index (κ1) is 19.4. The van der Waals surface area contributed by atoms with E-state index in [0.717, 1.165) is 40.2 Å². The van der Waals surface area contributed by atoms with Crippen molar-refractivity contribution in [1.82, 2.24) is 4.90 Å². The van der Waals surface area contributed by atoms with Crippen LogP contribution in [0.15, 0.2) is 43.8 Å². The number of hydrogen-bond donors (Lipinski definition) is 0. The maximum atomic E-state index is 12.1. The third-order valence-electron chi connectivity index (χ3n) is 2.91. The maximum Gasteiger partial charge on any atom is 0.346 e. The molecular weight excluding hydrogens is 386 g/mol. The molecule has 0 aromatic heterocycles. The highest BCUT2D eigenvalue weighted by Crippen LogP contribution is 2.50. The van der Waals surface area contributed by atoms with E-state index >= 15 is 0 Å². The minimum absolute atomic E-state index is 0.124. The Labute approximate surface area is 156 Å². The van der Waals surface area contributed by atoms with Crippen LogP contribution < -0.4 is 0 Å². The number of carbonyl (C=O) groups is 4. The van der Waals surface area contributed by atoms with Crippen LogP contribution in [0, 0.1) is 0 Å². The van der Waals surface area contributed by atoms with Crippen molar-refractivity contribution in [2.24, 2.45) is 0 Å². The second-order valence-corrected chi connectivity index (χ2v) is 7.79. The summed E-state index contributed by atoms with van der Waals surface area (Å²) in [5, 5.41) is -0.370. The van der Waals surface area contributed by atoms with Gasteiger partial charge in [-0.2, -0.15) is 0 Å². The van der Waals surface area contributed by atoms with Crippen LogP contribution in [0.4, 0.5) is 4.79 Å². The van der Waals surface area contributed by atoms with E-state index in [4.69, 9.17) is 0 Å². The Morgan fingerprint density at radius 2 is 1.60 bits per heavy atom. The Morgan fingerprint density at radius 3 is 2.08 bits per heavy atom. The standard InChI is InChI=1S/C15H13NO6S3/c1-4-7-16-12(17)8(23-15(16)20)5-6-9-24-10(13(18)21-2)11(25-9)14(19)22-3/h4-6H,1,7H2,2-3H3. The minimum atomic E-state index is -0.646. The number of amides is 2. The highest BCUT2D eigenvalue weighted by Gasteiger charge is 2.35. The minimum Gasteiger partial charge on any atom is -0.465 e. The zero-order chi connectivity index (χ0) is 18.6. The Bertz CT molecular complexity index is 722. The van der Waals surface area contributed by atoms with Gasteiger partial charge in [-0.25, -0.2) is 9.59 Å². The molecular formula is C15H13NO6S3. The molecule has 0 radical (unpaired) electrons. The summed E-state index contributed by atoms with van der Waals surface area (Å²) in [7, 11) is 2.43. The van der Waals surface area contributed by atoms with Crippen molar-refractivity contribution in [2.45, 2.75) is 0 Å². The van der Waals surface area contributed by atoms with E-state index in [9.17, 15) is 19.2 Å². The second-order valence-electron chi connectivity index (χ2n) is 4.43. The summed E-state index contributed by atoms with van der Waals surface area (Å²) in [6.07, 6.45) is 4.52. The van der Waals surface area contributed by atoms with Crippen molar-refractivity contribution in [1.29, 1.82) is 0 Å². The van der Waals surface area contributed by atoms with Gasteiger partial charge in [0.05, 0.1) is 23.4 Å². The van der Waals surface area contributed by atoms with Gasteiger partial charge in [-0.1, -0.05) is 29.6 Å². The normalized spacial score (nSPS) is 18.9. The van der Waals surface area contributed by atoms with Crippen molar-refractivity contribution in [3.63, 3.8) is 0 Å². The molecule has 0 bridgehead atoms. The molecule has 0 atom stereocenters. The lowest BCUT2D eigenvalue weighted by Gasteiger charge is -2.07. The molecule has 2 heterocycles. The SMILES string of the molecule is C=CCN1C(=O)SC(=CC=C2SC(C(=O)OC)=C(C(=O)OC)S2)C1=O. The summed E-state index contributed by atoms with van der Waals surface area (Å²) >= 11 is 2.90. The summed E-state index contributed by atoms with van der Waals surface area (Å²) in [6, 6.07) is 0. The fourth-order valence-corrected chi connectivity index (χ4v) is 4.85. The fourth-order valence-electron chi connectivity index (χ4n) is 1.78. The van der Waals surface area contributed by atoms with Gasteiger partial charge in [0.25, 0.3) is 11.1 Å². The van der Waals surface area contributed by atoms with Crippen molar-refractivity contribution >= 4 is 58.4 Å². The Morgan fingerprint density at radius 1 is 1.04 bits per heavy atom. The summed E-state index contributed by atoms with van der Waals surface area (Å²) in [4.78, 5) is 49.0. The first-order chi connectivity index (χ1) is 11.9.